The van der Waals surface area contributed by atoms with Gasteiger partial charge in [0, 0.05) is 12.6 Å². The predicted octanol–water partition coefficient (Wildman–Crippen LogP) is 1.32. The molecule has 1 aliphatic heterocycles. The van der Waals surface area contributed by atoms with Gasteiger partial charge in [-0.05, 0) is 54.0 Å². The highest BCUT2D eigenvalue weighted by atomic mass is 16.7. The first-order valence-corrected chi connectivity index (χ1v) is 8.72. The quantitative estimate of drug-likeness (QED) is 0.485. The molecule has 1 aliphatic rings. The monoisotopic (exact) mass is 342 g/mol. The van der Waals surface area contributed by atoms with Crippen molar-refractivity contribution >= 4 is 5.78 Å². The van der Waals surface area contributed by atoms with Crippen molar-refractivity contribution in [1.29, 1.82) is 0 Å². The second-order valence-electron chi connectivity index (χ2n) is 6.92. The Balaban J connectivity index is 2.87. The molecule has 24 heavy (non-hydrogen) atoms. The molecule has 1 fully saturated rings. The lowest BCUT2D eigenvalue weighted by Gasteiger charge is -2.39. The lowest BCUT2D eigenvalue weighted by Crippen LogP contribution is -2.60. The van der Waals surface area contributed by atoms with E-state index in [0.29, 0.717) is 6.61 Å². The number of carbonyl (C=O) groups is 1. The fraction of sp³-hybridized carbons (Fsp3) is 0.833. The highest BCUT2D eigenvalue weighted by Gasteiger charge is 2.47. The van der Waals surface area contributed by atoms with Crippen LogP contribution in [-0.2, 0) is 14.3 Å². The number of ketones is 1. The summed E-state index contributed by atoms with van der Waals surface area (Å²) in [4.78, 5) is 13.9. The number of rotatable bonds is 9. The van der Waals surface area contributed by atoms with Crippen LogP contribution in [-0.4, -0.2) is 66.1 Å². The third-order valence-corrected chi connectivity index (χ3v) is 4.90. The van der Waals surface area contributed by atoms with Crippen LogP contribution in [0.15, 0.2) is 12.2 Å². The summed E-state index contributed by atoms with van der Waals surface area (Å²) in [6, 6.07) is -0.848. The SMILES string of the molecule is C/C=C\[C@@H]1C[C@H](C(C)=O)N(C)[C@H]1C(N)C(C)(O)COC(C)OCC. The zero-order valence-corrected chi connectivity index (χ0v) is 15.9. The molecule has 0 aliphatic carbocycles. The van der Waals surface area contributed by atoms with Crippen LogP contribution in [0.2, 0.25) is 0 Å². The average molecular weight is 342 g/mol. The maximum Gasteiger partial charge on any atom is 0.154 e. The van der Waals surface area contributed by atoms with Gasteiger partial charge in [-0.25, -0.2) is 0 Å². The van der Waals surface area contributed by atoms with Gasteiger partial charge in [0.2, 0.25) is 0 Å². The van der Waals surface area contributed by atoms with E-state index >= 15 is 0 Å². The second-order valence-corrected chi connectivity index (χ2v) is 6.92. The summed E-state index contributed by atoms with van der Waals surface area (Å²) in [6.07, 6.45) is 4.37. The lowest BCUT2D eigenvalue weighted by molar-refractivity contribution is -0.169. The molecule has 0 aromatic heterocycles. The molecular formula is C18H34N2O4. The Hall–Kier alpha value is -0.790. The minimum absolute atomic E-state index is 0.0764. The van der Waals surface area contributed by atoms with E-state index in [2.05, 4.69) is 6.08 Å². The van der Waals surface area contributed by atoms with Crippen molar-refractivity contribution in [3.05, 3.63) is 12.2 Å². The standard InChI is InChI=1S/C18H34N2O4/c1-7-9-14-10-15(12(3)21)20(6)16(14)17(19)18(5,22)11-24-13(4)23-8-2/h7,9,13-17,22H,8,10-11,19H2,1-6H3/b9-7-/t13?,14-,15-,16-,17?,18?/m1/s1. The molecule has 0 radical (unpaired) electrons. The third-order valence-electron chi connectivity index (χ3n) is 4.90. The van der Waals surface area contributed by atoms with E-state index in [1.807, 2.05) is 31.9 Å². The van der Waals surface area contributed by atoms with Crippen molar-refractivity contribution in [1.82, 2.24) is 4.90 Å². The van der Waals surface area contributed by atoms with Crippen molar-refractivity contribution in [3.8, 4) is 0 Å². The summed E-state index contributed by atoms with van der Waals surface area (Å²) in [5, 5.41) is 10.8. The molecule has 1 saturated heterocycles. The average Bonchev–Trinajstić information content (AvgIpc) is 2.82. The van der Waals surface area contributed by atoms with Gasteiger partial charge in [0.15, 0.2) is 6.29 Å². The van der Waals surface area contributed by atoms with Gasteiger partial charge in [0.25, 0.3) is 0 Å². The Morgan fingerprint density at radius 2 is 2.12 bits per heavy atom. The maximum atomic E-state index is 11.9. The van der Waals surface area contributed by atoms with Crippen LogP contribution < -0.4 is 5.73 Å². The number of likely N-dealkylation sites (tertiary alicyclic amines) is 1. The maximum absolute atomic E-state index is 11.9. The van der Waals surface area contributed by atoms with Crippen LogP contribution in [0.25, 0.3) is 0 Å². The van der Waals surface area contributed by atoms with Gasteiger partial charge >= 0.3 is 0 Å². The number of hydrogen-bond donors (Lipinski definition) is 2. The van der Waals surface area contributed by atoms with E-state index < -0.39 is 17.9 Å². The predicted molar refractivity (Wildman–Crippen MR) is 94.6 cm³/mol. The largest absolute Gasteiger partial charge is 0.386 e. The van der Waals surface area contributed by atoms with Crippen LogP contribution in [0.5, 0.6) is 0 Å². The lowest BCUT2D eigenvalue weighted by atomic mass is 9.84. The van der Waals surface area contributed by atoms with Gasteiger partial charge in [-0.15, -0.1) is 0 Å². The molecule has 0 saturated carbocycles. The molecule has 1 heterocycles. The summed E-state index contributed by atoms with van der Waals surface area (Å²) in [5.41, 5.74) is 5.21. The fourth-order valence-corrected chi connectivity index (χ4v) is 3.52. The van der Waals surface area contributed by atoms with E-state index in [1.165, 1.54) is 0 Å². The number of nitrogens with zero attached hydrogens (tertiary/aromatic N) is 1. The molecule has 0 spiro atoms. The highest BCUT2D eigenvalue weighted by Crippen LogP contribution is 2.34. The van der Waals surface area contributed by atoms with Crippen LogP contribution in [0, 0.1) is 5.92 Å². The van der Waals surface area contributed by atoms with Crippen molar-refractivity contribution in [3.63, 3.8) is 0 Å². The Morgan fingerprint density at radius 3 is 2.62 bits per heavy atom. The minimum atomic E-state index is -1.23. The van der Waals surface area contributed by atoms with Crippen LogP contribution in [0.1, 0.15) is 41.0 Å². The van der Waals surface area contributed by atoms with Crippen LogP contribution in [0.3, 0.4) is 0 Å². The topological polar surface area (TPSA) is 85.0 Å². The smallest absolute Gasteiger partial charge is 0.154 e. The first-order chi connectivity index (χ1) is 11.2. The first-order valence-electron chi connectivity index (χ1n) is 8.72. The summed E-state index contributed by atoms with van der Waals surface area (Å²) < 4.78 is 10.9. The number of nitrogens with two attached hydrogens (primary N) is 1. The molecule has 140 valence electrons. The number of allylic oxidation sites excluding steroid dienone is 1. The zero-order valence-electron chi connectivity index (χ0n) is 15.9. The summed E-state index contributed by atoms with van der Waals surface area (Å²) in [6.45, 7) is 9.54. The van der Waals surface area contributed by atoms with Gasteiger partial charge in [-0.1, -0.05) is 12.2 Å². The number of Topliss-reactive ketones (excluding diaryl/α,β-unsaturated/α-hetero) is 1. The van der Waals surface area contributed by atoms with Gasteiger partial charge in [-0.2, -0.15) is 0 Å². The molecule has 0 amide bonds. The third kappa shape index (κ3) is 5.10. The fourth-order valence-electron chi connectivity index (χ4n) is 3.52. The Kier molecular flexibility index (Phi) is 8.02. The van der Waals surface area contributed by atoms with Crippen LogP contribution >= 0.6 is 0 Å². The Labute approximate surface area is 146 Å². The van der Waals surface area contributed by atoms with Crippen molar-refractivity contribution < 1.29 is 19.4 Å². The first kappa shape index (κ1) is 21.3. The molecule has 6 nitrogen and oxygen atoms in total. The molecule has 3 unspecified atom stereocenters. The molecule has 6 heteroatoms. The summed E-state index contributed by atoms with van der Waals surface area (Å²) >= 11 is 0. The molecule has 0 aromatic rings. The van der Waals surface area contributed by atoms with E-state index in [-0.39, 0.29) is 30.4 Å². The van der Waals surface area contributed by atoms with E-state index in [0.717, 1.165) is 6.42 Å². The molecule has 0 bridgehead atoms. The zero-order chi connectivity index (χ0) is 18.5. The molecule has 0 aromatic carbocycles. The Bertz CT molecular complexity index is 439. The normalized spacial score (nSPS) is 30.4. The number of aliphatic hydroxyl groups is 1. The van der Waals surface area contributed by atoms with E-state index in [4.69, 9.17) is 15.2 Å². The van der Waals surface area contributed by atoms with Gasteiger partial charge in [0.05, 0.1) is 18.7 Å². The van der Waals surface area contributed by atoms with Gasteiger partial charge in [-0.3, -0.25) is 9.69 Å². The Morgan fingerprint density at radius 1 is 1.50 bits per heavy atom. The highest BCUT2D eigenvalue weighted by molar-refractivity contribution is 5.82. The second kappa shape index (κ2) is 9.06. The van der Waals surface area contributed by atoms with Crippen LogP contribution in [0.4, 0.5) is 0 Å². The van der Waals surface area contributed by atoms with E-state index in [9.17, 15) is 9.90 Å². The summed E-state index contributed by atoms with van der Waals surface area (Å²) in [7, 11) is 1.90. The minimum Gasteiger partial charge on any atom is -0.386 e. The molecule has 3 N–H and O–H groups in total. The number of ether oxygens (including phenoxy) is 2. The molecular weight excluding hydrogens is 308 g/mol. The van der Waals surface area contributed by atoms with E-state index in [1.54, 1.807) is 20.8 Å². The van der Waals surface area contributed by atoms with Gasteiger partial charge in [0.1, 0.15) is 11.4 Å². The molecule has 1 rings (SSSR count). The number of carbonyl (C=O) groups excluding carboxylic acids is 1. The van der Waals surface area contributed by atoms with Crippen molar-refractivity contribution in [2.75, 3.05) is 20.3 Å². The summed E-state index contributed by atoms with van der Waals surface area (Å²) in [5.74, 6) is 0.252. The van der Waals surface area contributed by atoms with Gasteiger partial charge < -0.3 is 20.3 Å². The van der Waals surface area contributed by atoms with Crippen molar-refractivity contribution in [2.24, 2.45) is 11.7 Å². The number of likely N-dealkylation sites (N-methyl/N-ethyl adjacent to an activating group) is 1. The number of hydrogen-bond acceptors (Lipinski definition) is 6. The van der Waals surface area contributed by atoms with Crippen molar-refractivity contribution in [2.45, 2.75) is 71.1 Å². The molecule has 6 atom stereocenters.